The molecule has 1 aliphatic carbocycles. The minimum atomic E-state index is -0.806. The molecular weight excluding hydrogens is 378 g/mol. The largest absolute Gasteiger partial charge is 0.452 e. The van der Waals surface area contributed by atoms with Crippen LogP contribution in [0.2, 0.25) is 0 Å². The molecule has 2 fully saturated rings. The van der Waals surface area contributed by atoms with Crippen LogP contribution in [0.1, 0.15) is 48.9 Å². The van der Waals surface area contributed by atoms with Crippen LogP contribution in [0.4, 0.5) is 11.4 Å². The molecule has 2 N–H and O–H groups in total. The summed E-state index contributed by atoms with van der Waals surface area (Å²) in [5.74, 6) is -0.492. The average molecular weight is 405 g/mol. The van der Waals surface area contributed by atoms with Crippen molar-refractivity contribution in [3.63, 3.8) is 0 Å². The molecule has 0 radical (unpaired) electrons. The number of aliphatic hydroxyl groups is 1. The fourth-order valence-corrected chi connectivity index (χ4v) is 4.38. The number of likely N-dealkylation sites (tertiary alicyclic amines) is 1. The number of benzene rings is 1. The van der Waals surface area contributed by atoms with Gasteiger partial charge in [-0.25, -0.2) is 4.79 Å². The van der Waals surface area contributed by atoms with Crippen LogP contribution >= 0.6 is 0 Å². The van der Waals surface area contributed by atoms with Crippen molar-refractivity contribution in [3.05, 3.63) is 33.9 Å². The number of nitro groups is 1. The van der Waals surface area contributed by atoms with E-state index in [1.165, 1.54) is 18.6 Å². The number of nitrogens with one attached hydrogen (secondary N) is 1. The van der Waals surface area contributed by atoms with Crippen LogP contribution in [-0.2, 0) is 9.53 Å². The van der Waals surface area contributed by atoms with Gasteiger partial charge in [0.05, 0.1) is 17.1 Å². The van der Waals surface area contributed by atoms with Gasteiger partial charge in [-0.05, 0) is 37.7 Å². The lowest BCUT2D eigenvalue weighted by Gasteiger charge is -2.44. The van der Waals surface area contributed by atoms with E-state index < -0.39 is 10.9 Å². The Morgan fingerprint density at radius 2 is 2.00 bits per heavy atom. The van der Waals surface area contributed by atoms with Gasteiger partial charge in [0.25, 0.3) is 11.6 Å². The Morgan fingerprint density at radius 1 is 1.24 bits per heavy atom. The minimum Gasteiger partial charge on any atom is -0.452 e. The van der Waals surface area contributed by atoms with Crippen LogP contribution in [0, 0.1) is 16.0 Å². The van der Waals surface area contributed by atoms with Crippen LogP contribution < -0.4 is 5.32 Å². The molecule has 9 nitrogen and oxygen atoms in total. The Labute approximate surface area is 169 Å². The summed E-state index contributed by atoms with van der Waals surface area (Å²) in [5, 5.41) is 22.8. The number of fused-ring (bicyclic) bond motifs is 1. The van der Waals surface area contributed by atoms with Crippen LogP contribution in [0.15, 0.2) is 18.2 Å². The number of esters is 1. The standard InChI is InChI=1S/C20H27N3O6/c24-11-9-21-17-8-7-15(23(27)28)12-16(17)20(26)29-13-19(25)22-10-3-5-14-4-1-2-6-18(14)22/h7-8,12,14,18,21,24H,1-6,9-11,13H2/t14-,18-/m0/s1. The number of hydrogen-bond acceptors (Lipinski definition) is 7. The fraction of sp³-hybridized carbons (Fsp3) is 0.600. The van der Waals surface area contributed by atoms with Crippen molar-refractivity contribution >= 4 is 23.3 Å². The molecular formula is C20H27N3O6. The number of nitro benzene ring substituents is 1. The lowest BCUT2D eigenvalue weighted by Crippen LogP contribution is -2.50. The van der Waals surface area contributed by atoms with Crippen molar-refractivity contribution < 1.29 is 24.4 Å². The number of piperidine rings is 1. The zero-order valence-electron chi connectivity index (χ0n) is 16.3. The molecule has 0 unspecified atom stereocenters. The van der Waals surface area contributed by atoms with Crippen molar-refractivity contribution in [2.45, 2.75) is 44.6 Å². The fourth-order valence-electron chi connectivity index (χ4n) is 4.38. The number of anilines is 1. The second-order valence-electron chi connectivity index (χ2n) is 7.55. The van der Waals surface area contributed by atoms with Crippen molar-refractivity contribution in [1.29, 1.82) is 0 Å². The topological polar surface area (TPSA) is 122 Å². The highest BCUT2D eigenvalue weighted by Gasteiger charge is 2.36. The first-order valence-electron chi connectivity index (χ1n) is 10.1. The SMILES string of the molecule is O=C(OCC(=O)N1CCC[C@@H]2CCCC[C@@H]21)c1cc([N+](=O)[O-])ccc1NCCO. The van der Waals surface area contributed by atoms with Gasteiger partial charge in [0, 0.05) is 37.0 Å². The molecule has 3 rings (SSSR count). The molecule has 1 aromatic rings. The number of non-ortho nitro benzene ring substituents is 1. The maximum Gasteiger partial charge on any atom is 0.341 e. The summed E-state index contributed by atoms with van der Waals surface area (Å²) in [4.78, 5) is 37.6. The summed E-state index contributed by atoms with van der Waals surface area (Å²) in [6.45, 7) is 0.303. The van der Waals surface area contributed by atoms with Crippen molar-refractivity contribution in [1.82, 2.24) is 4.90 Å². The Hall–Kier alpha value is -2.68. The Bertz CT molecular complexity index is 767. The van der Waals surface area contributed by atoms with Crippen molar-refractivity contribution in [2.24, 2.45) is 5.92 Å². The van der Waals surface area contributed by atoms with E-state index in [1.807, 2.05) is 4.90 Å². The lowest BCUT2D eigenvalue weighted by atomic mass is 9.78. The Morgan fingerprint density at radius 3 is 2.76 bits per heavy atom. The van der Waals surface area contributed by atoms with Gasteiger partial charge >= 0.3 is 5.97 Å². The molecule has 1 saturated carbocycles. The number of amides is 1. The van der Waals surface area contributed by atoms with Gasteiger partial charge in [-0.15, -0.1) is 0 Å². The molecule has 9 heteroatoms. The van der Waals surface area contributed by atoms with E-state index in [1.54, 1.807) is 0 Å². The number of aliphatic hydroxyl groups excluding tert-OH is 1. The smallest absolute Gasteiger partial charge is 0.341 e. The second kappa shape index (κ2) is 9.69. The molecule has 0 spiro atoms. The van der Waals surface area contributed by atoms with Gasteiger partial charge < -0.3 is 20.1 Å². The first-order chi connectivity index (χ1) is 14.0. The summed E-state index contributed by atoms with van der Waals surface area (Å²) >= 11 is 0. The normalized spacial score (nSPS) is 21.2. The highest BCUT2D eigenvalue weighted by atomic mass is 16.6. The summed E-state index contributed by atoms with van der Waals surface area (Å²) < 4.78 is 5.22. The predicted octanol–water partition coefficient (Wildman–Crippen LogP) is 2.34. The van der Waals surface area contributed by atoms with Gasteiger partial charge in [0.15, 0.2) is 6.61 Å². The number of carbonyl (C=O) groups excluding carboxylic acids is 2. The molecule has 158 valence electrons. The summed E-state index contributed by atoms with van der Waals surface area (Å²) in [5.41, 5.74) is 0.0287. The predicted molar refractivity (Wildman–Crippen MR) is 106 cm³/mol. The number of rotatable bonds is 7. The molecule has 1 aliphatic heterocycles. The van der Waals surface area contributed by atoms with Crippen LogP contribution in [0.3, 0.4) is 0 Å². The molecule has 0 bridgehead atoms. The van der Waals surface area contributed by atoms with Gasteiger partial charge in [0.2, 0.25) is 0 Å². The van der Waals surface area contributed by atoms with Gasteiger partial charge in [-0.3, -0.25) is 14.9 Å². The molecule has 1 saturated heterocycles. The van der Waals surface area contributed by atoms with Gasteiger partial charge in [-0.1, -0.05) is 12.8 Å². The second-order valence-corrected chi connectivity index (χ2v) is 7.55. The third kappa shape index (κ3) is 5.03. The lowest BCUT2D eigenvalue weighted by molar-refractivity contribution is -0.384. The van der Waals surface area contributed by atoms with Gasteiger partial charge in [-0.2, -0.15) is 0 Å². The molecule has 2 aliphatic rings. The number of carbonyl (C=O) groups is 2. The van der Waals surface area contributed by atoms with Gasteiger partial charge in [0.1, 0.15) is 0 Å². The molecule has 1 amide bonds. The molecule has 0 aromatic heterocycles. The third-order valence-corrected chi connectivity index (χ3v) is 5.75. The summed E-state index contributed by atoms with van der Waals surface area (Å²) in [7, 11) is 0. The number of ether oxygens (including phenoxy) is 1. The third-order valence-electron chi connectivity index (χ3n) is 5.75. The number of hydrogen-bond donors (Lipinski definition) is 2. The maximum atomic E-state index is 12.7. The maximum absolute atomic E-state index is 12.7. The van der Waals surface area contributed by atoms with Crippen LogP contribution in [0.5, 0.6) is 0 Å². The van der Waals surface area contributed by atoms with Crippen LogP contribution in [-0.4, -0.2) is 59.2 Å². The Balaban J connectivity index is 1.67. The quantitative estimate of drug-likeness (QED) is 0.405. The molecule has 29 heavy (non-hydrogen) atoms. The van der Waals surface area contributed by atoms with E-state index >= 15 is 0 Å². The van der Waals surface area contributed by atoms with E-state index in [0.29, 0.717) is 18.2 Å². The highest BCUT2D eigenvalue weighted by Crippen LogP contribution is 2.35. The van der Waals surface area contributed by atoms with E-state index in [-0.39, 0.29) is 43.0 Å². The average Bonchev–Trinajstić information content (AvgIpc) is 2.75. The van der Waals surface area contributed by atoms with E-state index in [9.17, 15) is 19.7 Å². The minimum absolute atomic E-state index is 0.0327. The highest BCUT2D eigenvalue weighted by molar-refractivity contribution is 5.97. The zero-order valence-corrected chi connectivity index (χ0v) is 16.3. The Kier molecular flexibility index (Phi) is 7.03. The number of nitrogens with zero attached hydrogens (tertiary/aromatic N) is 2. The zero-order chi connectivity index (χ0) is 20.8. The molecule has 1 heterocycles. The summed E-state index contributed by atoms with van der Waals surface area (Å²) in [6, 6.07) is 4.00. The van der Waals surface area contributed by atoms with Crippen LogP contribution in [0.25, 0.3) is 0 Å². The van der Waals surface area contributed by atoms with Crippen molar-refractivity contribution in [3.8, 4) is 0 Å². The summed E-state index contributed by atoms with van der Waals surface area (Å²) in [6.07, 6.45) is 6.54. The van der Waals surface area contributed by atoms with E-state index in [4.69, 9.17) is 9.84 Å². The van der Waals surface area contributed by atoms with E-state index in [2.05, 4.69) is 5.32 Å². The van der Waals surface area contributed by atoms with E-state index in [0.717, 1.165) is 38.2 Å². The first kappa shape index (κ1) is 21.0. The van der Waals surface area contributed by atoms with Crippen molar-refractivity contribution in [2.75, 3.05) is 31.6 Å². The molecule has 2 atom stereocenters. The first-order valence-corrected chi connectivity index (χ1v) is 10.1. The molecule has 1 aromatic carbocycles. The monoisotopic (exact) mass is 405 g/mol.